The molecule has 3 nitrogen and oxygen atoms in total. The van der Waals surface area contributed by atoms with Gasteiger partial charge in [0.05, 0.1) is 12.5 Å². The lowest BCUT2D eigenvalue weighted by atomic mass is 10.1. The van der Waals surface area contributed by atoms with Crippen LogP contribution in [0.15, 0.2) is 46.9 Å². The highest BCUT2D eigenvalue weighted by molar-refractivity contribution is 5.72. The summed E-state index contributed by atoms with van der Waals surface area (Å²) < 4.78 is 32.1. The van der Waals surface area contributed by atoms with Crippen LogP contribution in [0.2, 0.25) is 0 Å². The highest BCUT2D eigenvalue weighted by atomic mass is 19.2. The number of aromatic nitrogens is 1. The van der Waals surface area contributed by atoms with E-state index in [0.29, 0.717) is 11.1 Å². The third-order valence-corrected chi connectivity index (χ3v) is 3.05. The summed E-state index contributed by atoms with van der Waals surface area (Å²) in [7, 11) is 0. The van der Waals surface area contributed by atoms with Crippen LogP contribution in [-0.2, 0) is 6.42 Å². The van der Waals surface area contributed by atoms with Crippen molar-refractivity contribution in [1.29, 1.82) is 0 Å². The Hall–Kier alpha value is -2.27. The topological polar surface area (TPSA) is 46.3 Å². The Kier molecular flexibility index (Phi) is 3.20. The number of hydrogen-bond donors (Lipinski definition) is 1. The predicted molar refractivity (Wildman–Crippen MR) is 69.0 cm³/mol. The van der Waals surface area contributed by atoms with Gasteiger partial charge in [-0.1, -0.05) is 24.3 Å². The maximum atomic E-state index is 13.6. The number of para-hydroxylation sites is 2. The molecule has 0 aliphatic rings. The molecule has 1 N–H and O–H groups in total. The Morgan fingerprint density at radius 1 is 1.10 bits per heavy atom. The Labute approximate surface area is 113 Å². The van der Waals surface area contributed by atoms with Crippen LogP contribution in [-0.4, -0.2) is 10.1 Å². The molecule has 102 valence electrons. The number of aliphatic hydroxyl groups is 1. The molecular formula is C15H11F2NO2. The Morgan fingerprint density at radius 3 is 2.70 bits per heavy atom. The van der Waals surface area contributed by atoms with Gasteiger partial charge in [0.2, 0.25) is 0 Å². The normalized spacial score (nSPS) is 12.8. The molecule has 1 aromatic heterocycles. The van der Waals surface area contributed by atoms with E-state index in [9.17, 15) is 13.9 Å². The summed E-state index contributed by atoms with van der Waals surface area (Å²) in [6, 6.07) is 10.8. The minimum Gasteiger partial charge on any atom is -0.441 e. The van der Waals surface area contributed by atoms with Gasteiger partial charge >= 0.3 is 0 Å². The molecule has 2 aromatic carbocycles. The van der Waals surface area contributed by atoms with E-state index in [-0.39, 0.29) is 17.9 Å². The summed E-state index contributed by atoms with van der Waals surface area (Å²) in [4.78, 5) is 4.19. The van der Waals surface area contributed by atoms with Crippen LogP contribution in [0, 0.1) is 11.6 Å². The summed E-state index contributed by atoms with van der Waals surface area (Å²) in [6.45, 7) is 0. The van der Waals surface area contributed by atoms with Crippen LogP contribution < -0.4 is 0 Å². The molecule has 0 spiro atoms. The van der Waals surface area contributed by atoms with Gasteiger partial charge < -0.3 is 9.52 Å². The van der Waals surface area contributed by atoms with Crippen molar-refractivity contribution < 1.29 is 18.3 Å². The minimum absolute atomic E-state index is 0.0188. The number of hydrogen-bond acceptors (Lipinski definition) is 3. The van der Waals surface area contributed by atoms with Crippen molar-refractivity contribution in [3.8, 4) is 0 Å². The zero-order valence-electron chi connectivity index (χ0n) is 10.4. The Balaban J connectivity index is 1.88. The molecule has 0 bridgehead atoms. The number of benzene rings is 2. The van der Waals surface area contributed by atoms with E-state index in [2.05, 4.69) is 4.98 Å². The lowest BCUT2D eigenvalue weighted by Crippen LogP contribution is -2.06. The molecule has 0 saturated heterocycles. The average molecular weight is 275 g/mol. The maximum Gasteiger partial charge on any atom is 0.198 e. The van der Waals surface area contributed by atoms with Crippen LogP contribution in [0.1, 0.15) is 17.6 Å². The molecule has 0 amide bonds. The van der Waals surface area contributed by atoms with E-state index in [4.69, 9.17) is 4.42 Å². The second-order valence-corrected chi connectivity index (χ2v) is 4.44. The molecule has 0 saturated carbocycles. The van der Waals surface area contributed by atoms with E-state index in [1.807, 2.05) is 6.07 Å². The number of fused-ring (bicyclic) bond motifs is 1. The zero-order chi connectivity index (χ0) is 14.1. The molecule has 20 heavy (non-hydrogen) atoms. The number of aliphatic hydroxyl groups excluding tert-OH is 1. The van der Waals surface area contributed by atoms with Gasteiger partial charge in [0.1, 0.15) is 5.52 Å². The highest BCUT2D eigenvalue weighted by Gasteiger charge is 2.18. The van der Waals surface area contributed by atoms with E-state index in [1.54, 1.807) is 18.2 Å². The fourth-order valence-electron chi connectivity index (χ4n) is 2.06. The van der Waals surface area contributed by atoms with Gasteiger partial charge in [-0.3, -0.25) is 0 Å². The second kappa shape index (κ2) is 5.02. The third-order valence-electron chi connectivity index (χ3n) is 3.05. The SMILES string of the molecule is OC(Cc1nc2ccccc2o1)c1cccc(F)c1F. The van der Waals surface area contributed by atoms with Crippen molar-refractivity contribution in [3.05, 3.63) is 65.6 Å². The van der Waals surface area contributed by atoms with Gasteiger partial charge in [-0.2, -0.15) is 0 Å². The molecular weight excluding hydrogens is 264 g/mol. The van der Waals surface area contributed by atoms with Gasteiger partial charge in [0, 0.05) is 5.56 Å². The van der Waals surface area contributed by atoms with E-state index >= 15 is 0 Å². The molecule has 1 heterocycles. The van der Waals surface area contributed by atoms with E-state index < -0.39 is 17.7 Å². The molecule has 3 aromatic rings. The van der Waals surface area contributed by atoms with Crippen LogP contribution in [0.3, 0.4) is 0 Å². The first kappa shape index (κ1) is 12.7. The van der Waals surface area contributed by atoms with Crippen molar-refractivity contribution >= 4 is 11.1 Å². The molecule has 1 atom stereocenters. The first-order valence-corrected chi connectivity index (χ1v) is 6.11. The zero-order valence-corrected chi connectivity index (χ0v) is 10.4. The van der Waals surface area contributed by atoms with Crippen molar-refractivity contribution in [2.45, 2.75) is 12.5 Å². The van der Waals surface area contributed by atoms with Gasteiger partial charge in [-0.15, -0.1) is 0 Å². The van der Waals surface area contributed by atoms with Crippen LogP contribution in [0.25, 0.3) is 11.1 Å². The molecule has 0 aliphatic heterocycles. The van der Waals surface area contributed by atoms with E-state index in [0.717, 1.165) is 6.07 Å². The van der Waals surface area contributed by atoms with Crippen molar-refractivity contribution in [1.82, 2.24) is 4.98 Å². The second-order valence-electron chi connectivity index (χ2n) is 4.44. The molecule has 3 rings (SSSR count). The molecule has 1 unspecified atom stereocenters. The first-order chi connectivity index (χ1) is 9.65. The summed E-state index contributed by atoms with van der Waals surface area (Å²) in [5.41, 5.74) is 1.15. The van der Waals surface area contributed by atoms with Gasteiger partial charge in [-0.05, 0) is 18.2 Å². The number of nitrogens with zero attached hydrogens (tertiary/aromatic N) is 1. The summed E-state index contributed by atoms with van der Waals surface area (Å²) >= 11 is 0. The lowest BCUT2D eigenvalue weighted by molar-refractivity contribution is 0.163. The molecule has 0 aliphatic carbocycles. The Morgan fingerprint density at radius 2 is 1.90 bits per heavy atom. The number of oxazole rings is 1. The first-order valence-electron chi connectivity index (χ1n) is 6.11. The summed E-state index contributed by atoms with van der Waals surface area (Å²) in [6.07, 6.45) is -1.23. The maximum absolute atomic E-state index is 13.6. The quantitative estimate of drug-likeness (QED) is 0.797. The van der Waals surface area contributed by atoms with Crippen LogP contribution >= 0.6 is 0 Å². The lowest BCUT2D eigenvalue weighted by Gasteiger charge is -2.09. The number of halogens is 2. The van der Waals surface area contributed by atoms with Crippen LogP contribution in [0.4, 0.5) is 8.78 Å². The average Bonchev–Trinajstić information content (AvgIpc) is 2.83. The molecule has 5 heteroatoms. The molecule has 0 radical (unpaired) electrons. The standard InChI is InChI=1S/C15H11F2NO2/c16-10-5-3-4-9(15(10)17)12(19)8-14-18-11-6-1-2-7-13(11)20-14/h1-7,12,19H,8H2. The van der Waals surface area contributed by atoms with Crippen LogP contribution in [0.5, 0.6) is 0 Å². The monoisotopic (exact) mass is 275 g/mol. The van der Waals surface area contributed by atoms with Gasteiger partial charge in [0.15, 0.2) is 23.1 Å². The fraction of sp³-hybridized carbons (Fsp3) is 0.133. The van der Waals surface area contributed by atoms with Crippen molar-refractivity contribution in [2.75, 3.05) is 0 Å². The predicted octanol–water partition coefficient (Wildman–Crippen LogP) is 3.38. The van der Waals surface area contributed by atoms with E-state index in [1.165, 1.54) is 12.1 Å². The van der Waals surface area contributed by atoms with Crippen molar-refractivity contribution in [2.24, 2.45) is 0 Å². The highest BCUT2D eigenvalue weighted by Crippen LogP contribution is 2.24. The summed E-state index contributed by atoms with van der Waals surface area (Å²) in [5, 5.41) is 10.00. The largest absolute Gasteiger partial charge is 0.441 e. The van der Waals surface area contributed by atoms with Gasteiger partial charge in [0.25, 0.3) is 0 Å². The Bertz CT molecular complexity index is 721. The third kappa shape index (κ3) is 2.28. The number of rotatable bonds is 3. The fourth-order valence-corrected chi connectivity index (χ4v) is 2.06. The summed E-state index contributed by atoms with van der Waals surface area (Å²) in [5.74, 6) is -1.75. The minimum atomic E-state index is -1.21. The van der Waals surface area contributed by atoms with Gasteiger partial charge in [-0.25, -0.2) is 13.8 Å². The molecule has 0 fully saturated rings. The smallest absolute Gasteiger partial charge is 0.198 e. The van der Waals surface area contributed by atoms with Crippen molar-refractivity contribution in [3.63, 3.8) is 0 Å².